The van der Waals surface area contributed by atoms with Gasteiger partial charge in [-0.1, -0.05) is 0 Å². The highest BCUT2D eigenvalue weighted by Gasteiger charge is 2.45. The predicted octanol–water partition coefficient (Wildman–Crippen LogP) is 6.36. The zero-order valence-corrected chi connectivity index (χ0v) is 21.5. The number of nitrogens with one attached hydrogen (secondary N) is 2. The Labute approximate surface area is 232 Å². The highest BCUT2D eigenvalue weighted by atomic mass is 19.3. The molecule has 8 rings (SSSR count). The van der Waals surface area contributed by atoms with Crippen molar-refractivity contribution < 1.29 is 28.0 Å². The Kier molecular flexibility index (Phi) is 6.66. The van der Waals surface area contributed by atoms with Gasteiger partial charge < -0.3 is 20.1 Å². The fourth-order valence-corrected chi connectivity index (χ4v) is 4.76. The number of benzene rings is 3. The van der Waals surface area contributed by atoms with E-state index in [1.807, 2.05) is 0 Å². The molecule has 4 aromatic rings. The van der Waals surface area contributed by atoms with Crippen molar-refractivity contribution in [2.45, 2.75) is 25.4 Å². The van der Waals surface area contributed by atoms with Crippen molar-refractivity contribution in [3.8, 4) is 22.8 Å². The highest BCUT2D eigenvalue weighted by molar-refractivity contribution is 6.05. The van der Waals surface area contributed by atoms with E-state index < -0.39 is 16.8 Å². The van der Waals surface area contributed by atoms with Gasteiger partial charge in [-0.15, -0.1) is 0 Å². The fraction of sp³-hybridized carbons (Fsp3) is 0.207. The molecule has 0 radical (unpaired) electrons. The maximum Gasteiger partial charge on any atom is 0.279 e. The number of rotatable bonds is 4. The van der Waals surface area contributed by atoms with Crippen molar-refractivity contribution in [3.05, 3.63) is 94.2 Å². The summed E-state index contributed by atoms with van der Waals surface area (Å²) in [6.45, 7) is 0.264. The van der Waals surface area contributed by atoms with Crippen LogP contribution in [0.4, 0.5) is 31.8 Å². The summed E-state index contributed by atoms with van der Waals surface area (Å²) in [6, 6.07) is 17.6. The SMILES string of the molecule is O=C1Nc2ccc(cc2)OCc2cc(ccc2OCC2CC(F)(F)C2)Nc2nccc(n2)-c2ccc1cc2[N+](=O)[O-]. The van der Waals surface area contributed by atoms with Gasteiger partial charge in [0.2, 0.25) is 11.9 Å². The molecule has 8 bridgehead atoms. The van der Waals surface area contributed by atoms with Gasteiger partial charge in [0.1, 0.15) is 18.1 Å². The molecule has 41 heavy (non-hydrogen) atoms. The molecule has 1 saturated carbocycles. The summed E-state index contributed by atoms with van der Waals surface area (Å²) >= 11 is 0. The number of hydrogen-bond acceptors (Lipinski definition) is 8. The van der Waals surface area contributed by atoms with E-state index >= 15 is 0 Å². The number of carbonyl (C=O) groups excluding carboxylic acids is 1. The van der Waals surface area contributed by atoms with Crippen LogP contribution in [0, 0.1) is 16.0 Å². The van der Waals surface area contributed by atoms with E-state index in [-0.39, 0.29) is 60.4 Å². The third-order valence-corrected chi connectivity index (χ3v) is 6.86. The predicted molar refractivity (Wildman–Crippen MR) is 146 cm³/mol. The molecule has 4 aliphatic rings. The molecular formula is C29H23F2N5O5. The van der Waals surface area contributed by atoms with Crippen molar-refractivity contribution in [1.82, 2.24) is 9.97 Å². The molecule has 0 unspecified atom stereocenters. The van der Waals surface area contributed by atoms with Gasteiger partial charge in [-0.05, 0) is 60.7 Å². The molecule has 208 valence electrons. The average Bonchev–Trinajstić information content (AvgIpc) is 2.94. The van der Waals surface area contributed by atoms with Gasteiger partial charge in [0.15, 0.2) is 0 Å². The molecule has 1 amide bonds. The molecule has 2 N–H and O–H groups in total. The zero-order chi connectivity index (χ0) is 28.6. The van der Waals surface area contributed by atoms with Gasteiger partial charge in [0, 0.05) is 53.5 Å². The van der Waals surface area contributed by atoms with Crippen molar-refractivity contribution in [2.75, 3.05) is 17.2 Å². The quantitative estimate of drug-likeness (QED) is 0.218. The van der Waals surface area contributed by atoms with E-state index in [1.165, 1.54) is 30.5 Å². The van der Waals surface area contributed by atoms with Crippen LogP contribution < -0.4 is 20.1 Å². The second kappa shape index (κ2) is 10.5. The van der Waals surface area contributed by atoms with Gasteiger partial charge in [-0.2, -0.15) is 0 Å². The molecule has 0 spiro atoms. The molecule has 10 nitrogen and oxygen atoms in total. The number of aromatic nitrogens is 2. The summed E-state index contributed by atoms with van der Waals surface area (Å²) in [7, 11) is 0. The minimum Gasteiger partial charge on any atom is -0.493 e. The van der Waals surface area contributed by atoms with Crippen molar-refractivity contribution in [2.24, 2.45) is 5.92 Å². The lowest BCUT2D eigenvalue weighted by Gasteiger charge is -2.34. The number of nitro benzene ring substituents is 1. The van der Waals surface area contributed by atoms with Crippen LogP contribution in [0.2, 0.25) is 0 Å². The normalized spacial score (nSPS) is 15.8. The van der Waals surface area contributed by atoms with Crippen LogP contribution in [-0.4, -0.2) is 33.3 Å². The van der Waals surface area contributed by atoms with Crippen LogP contribution in [0.3, 0.4) is 0 Å². The lowest BCUT2D eigenvalue weighted by atomic mass is 9.82. The van der Waals surface area contributed by atoms with Crippen molar-refractivity contribution >= 4 is 28.9 Å². The number of anilines is 3. The number of amides is 1. The highest BCUT2D eigenvalue weighted by Crippen LogP contribution is 2.42. The molecule has 1 aliphatic carbocycles. The fourth-order valence-electron chi connectivity index (χ4n) is 4.76. The topological polar surface area (TPSA) is 129 Å². The molecular weight excluding hydrogens is 536 g/mol. The number of hydrogen-bond donors (Lipinski definition) is 2. The Hall–Kier alpha value is -5.13. The summed E-state index contributed by atoms with van der Waals surface area (Å²) in [6.07, 6.45) is 1.07. The van der Waals surface area contributed by atoms with E-state index in [2.05, 4.69) is 20.6 Å². The molecule has 0 saturated heterocycles. The van der Waals surface area contributed by atoms with E-state index in [0.717, 1.165) is 0 Å². The maximum absolute atomic E-state index is 13.3. The van der Waals surface area contributed by atoms with Gasteiger partial charge in [0.05, 0.1) is 22.8 Å². The van der Waals surface area contributed by atoms with E-state index in [1.54, 1.807) is 42.5 Å². The van der Waals surface area contributed by atoms with E-state index in [4.69, 9.17) is 9.47 Å². The third kappa shape index (κ3) is 5.76. The van der Waals surface area contributed by atoms with E-state index in [9.17, 15) is 23.7 Å². The Balaban J connectivity index is 1.37. The summed E-state index contributed by atoms with van der Waals surface area (Å²) in [5, 5.41) is 17.7. The standard InChI is InChI=1S/C29H23F2N5O5/c30-29(31)13-17(14-29)15-41-26-8-4-21-11-19(26)16-40-22-5-2-20(3-6-22)33-27(37)18-1-7-23(25(12-18)36(38)39)24-9-10-32-28(34-21)35-24/h1-12,17H,13-16H2,(H,33,37)(H,32,34,35). The van der Waals surface area contributed by atoms with Crippen LogP contribution in [0.5, 0.6) is 11.5 Å². The number of nitro groups is 1. The summed E-state index contributed by atoms with van der Waals surface area (Å²) < 4.78 is 38.5. The molecule has 12 heteroatoms. The van der Waals surface area contributed by atoms with Gasteiger partial charge in [-0.3, -0.25) is 14.9 Å². The Morgan fingerprint density at radius 2 is 1.80 bits per heavy atom. The van der Waals surface area contributed by atoms with Crippen LogP contribution in [-0.2, 0) is 6.61 Å². The van der Waals surface area contributed by atoms with Crippen molar-refractivity contribution in [1.29, 1.82) is 0 Å². The first kappa shape index (κ1) is 26.1. The minimum atomic E-state index is -2.63. The number of alkyl halides is 2. The summed E-state index contributed by atoms with van der Waals surface area (Å²) in [5.74, 6) is -2.18. The number of halogens is 2. The first-order valence-electron chi connectivity index (χ1n) is 12.8. The Morgan fingerprint density at radius 3 is 2.56 bits per heavy atom. The summed E-state index contributed by atoms with van der Waals surface area (Å²) in [4.78, 5) is 32.9. The number of nitrogens with zero attached hydrogens (tertiary/aromatic N) is 3. The molecule has 3 aromatic carbocycles. The lowest BCUT2D eigenvalue weighted by molar-refractivity contribution is -0.384. The maximum atomic E-state index is 13.3. The minimum absolute atomic E-state index is 0.105. The van der Waals surface area contributed by atoms with Crippen LogP contribution in [0.25, 0.3) is 11.3 Å². The second-order valence-electron chi connectivity index (χ2n) is 9.91. The number of carbonyl (C=O) groups is 1. The van der Waals surface area contributed by atoms with Crippen molar-refractivity contribution in [3.63, 3.8) is 0 Å². The van der Waals surface area contributed by atoms with Gasteiger partial charge in [-0.25, -0.2) is 18.7 Å². The smallest absolute Gasteiger partial charge is 0.279 e. The summed E-state index contributed by atoms with van der Waals surface area (Å²) in [5.41, 5.74) is 2.06. The average molecular weight is 560 g/mol. The second-order valence-corrected chi connectivity index (χ2v) is 9.91. The molecule has 1 aromatic heterocycles. The Morgan fingerprint density at radius 1 is 1.02 bits per heavy atom. The molecule has 0 atom stereocenters. The van der Waals surface area contributed by atoms with Crippen LogP contribution in [0.1, 0.15) is 28.8 Å². The van der Waals surface area contributed by atoms with Gasteiger partial charge in [0.25, 0.3) is 11.6 Å². The molecule has 4 heterocycles. The third-order valence-electron chi connectivity index (χ3n) is 6.86. The lowest BCUT2D eigenvalue weighted by Crippen LogP contribution is -2.38. The zero-order valence-electron chi connectivity index (χ0n) is 21.5. The monoisotopic (exact) mass is 559 g/mol. The van der Waals surface area contributed by atoms with Crippen LogP contribution >= 0.6 is 0 Å². The first-order chi connectivity index (χ1) is 19.7. The van der Waals surface area contributed by atoms with Crippen LogP contribution in [0.15, 0.2) is 72.9 Å². The number of ether oxygens (including phenoxy) is 2. The Bertz CT molecular complexity index is 1640. The molecule has 3 aliphatic heterocycles. The first-order valence-corrected chi connectivity index (χ1v) is 12.8. The van der Waals surface area contributed by atoms with E-state index in [0.29, 0.717) is 28.4 Å². The van der Waals surface area contributed by atoms with Gasteiger partial charge >= 0.3 is 0 Å². The number of fused-ring (bicyclic) bond motifs is 2. The largest absolute Gasteiger partial charge is 0.493 e. The molecule has 1 fully saturated rings.